The van der Waals surface area contributed by atoms with E-state index in [2.05, 4.69) is 24.5 Å². The number of carbonyl (C=O) groups excluding carboxylic acids is 3. The Morgan fingerprint density at radius 2 is 1.56 bits per heavy atom. The maximum Gasteiger partial charge on any atom is 0.260 e. The summed E-state index contributed by atoms with van der Waals surface area (Å²) in [5, 5.41) is 5.73. The van der Waals surface area contributed by atoms with Crippen LogP contribution in [0.15, 0.2) is 48.5 Å². The molecule has 0 radical (unpaired) electrons. The number of ether oxygens (including phenoxy) is 1. The third-order valence-electron chi connectivity index (χ3n) is 5.87. The molecule has 0 bridgehead atoms. The zero-order valence-electron chi connectivity index (χ0n) is 20.7. The maximum atomic E-state index is 12.8. The molecule has 0 aromatic heterocycles. The van der Waals surface area contributed by atoms with Gasteiger partial charge in [-0.15, -0.1) is 0 Å². The third-order valence-corrected chi connectivity index (χ3v) is 5.87. The molecule has 1 saturated heterocycles. The molecule has 2 aromatic carbocycles. The summed E-state index contributed by atoms with van der Waals surface area (Å²) in [5.74, 6) is -0.0948. The van der Waals surface area contributed by atoms with Gasteiger partial charge in [-0.1, -0.05) is 12.1 Å². The van der Waals surface area contributed by atoms with Gasteiger partial charge in [0.1, 0.15) is 5.75 Å². The zero-order chi connectivity index (χ0) is 24.9. The minimum absolute atomic E-state index is 0.0216. The highest BCUT2D eigenvalue weighted by molar-refractivity contribution is 6.09. The van der Waals surface area contributed by atoms with Gasteiger partial charge in [-0.25, -0.2) is 0 Å². The number of para-hydroxylation sites is 1. The van der Waals surface area contributed by atoms with Crippen molar-refractivity contribution in [3.05, 3.63) is 59.7 Å². The van der Waals surface area contributed by atoms with Gasteiger partial charge >= 0.3 is 0 Å². The molecule has 3 rings (SSSR count). The second-order valence-corrected chi connectivity index (χ2v) is 9.95. The maximum absolute atomic E-state index is 12.8. The number of nitrogens with zero attached hydrogens (tertiary/aromatic N) is 1. The molecule has 1 aliphatic rings. The summed E-state index contributed by atoms with van der Waals surface area (Å²) in [5.41, 5.74) is 0.855. The van der Waals surface area contributed by atoms with E-state index in [1.807, 2.05) is 25.7 Å². The Bertz CT molecular complexity index is 1020. The molecular weight excluding hydrogens is 430 g/mol. The van der Waals surface area contributed by atoms with Crippen LogP contribution in [0.1, 0.15) is 74.6 Å². The van der Waals surface area contributed by atoms with Crippen LogP contribution in [0, 0.1) is 0 Å². The van der Waals surface area contributed by atoms with Gasteiger partial charge < -0.3 is 20.3 Å². The lowest BCUT2D eigenvalue weighted by Gasteiger charge is -2.38. The molecule has 2 N–H and O–H groups in total. The predicted octanol–water partition coefficient (Wildman–Crippen LogP) is 4.64. The molecule has 34 heavy (non-hydrogen) atoms. The number of piperidine rings is 1. The highest BCUT2D eigenvalue weighted by atomic mass is 16.5. The van der Waals surface area contributed by atoms with Crippen molar-refractivity contribution in [2.75, 3.05) is 11.9 Å². The number of amides is 3. The molecule has 2 unspecified atom stereocenters. The fourth-order valence-corrected chi connectivity index (χ4v) is 4.23. The van der Waals surface area contributed by atoms with Gasteiger partial charge in [0, 0.05) is 23.2 Å². The first-order valence-electron chi connectivity index (χ1n) is 11.8. The van der Waals surface area contributed by atoms with Crippen LogP contribution in [-0.4, -0.2) is 46.9 Å². The van der Waals surface area contributed by atoms with Crippen molar-refractivity contribution in [2.24, 2.45) is 0 Å². The minimum atomic E-state index is -0.393. The van der Waals surface area contributed by atoms with E-state index in [-0.39, 0.29) is 36.4 Å². The number of hydrogen-bond donors (Lipinski definition) is 2. The average Bonchev–Trinajstić information content (AvgIpc) is 2.77. The molecule has 0 aliphatic carbocycles. The number of hydrogen-bond acceptors (Lipinski definition) is 4. The molecule has 3 amide bonds. The lowest BCUT2D eigenvalue weighted by Crippen LogP contribution is -2.49. The van der Waals surface area contributed by atoms with E-state index < -0.39 is 5.54 Å². The summed E-state index contributed by atoms with van der Waals surface area (Å²) >= 11 is 0. The van der Waals surface area contributed by atoms with Gasteiger partial charge in [0.15, 0.2) is 6.61 Å². The van der Waals surface area contributed by atoms with Crippen molar-refractivity contribution in [1.29, 1.82) is 0 Å². The topological polar surface area (TPSA) is 87.7 Å². The molecule has 1 aliphatic heterocycles. The Labute approximate surface area is 201 Å². The predicted molar refractivity (Wildman–Crippen MR) is 133 cm³/mol. The van der Waals surface area contributed by atoms with Gasteiger partial charge in [0.2, 0.25) is 0 Å². The van der Waals surface area contributed by atoms with Crippen LogP contribution in [0.2, 0.25) is 0 Å². The number of rotatable bonds is 6. The number of carbonyl (C=O) groups is 3. The Balaban J connectivity index is 1.61. The normalized spacial score (nSPS) is 18.2. The Hall–Kier alpha value is -3.35. The van der Waals surface area contributed by atoms with Crippen molar-refractivity contribution in [3.63, 3.8) is 0 Å². The first-order chi connectivity index (χ1) is 16.0. The minimum Gasteiger partial charge on any atom is -0.484 e. The van der Waals surface area contributed by atoms with E-state index in [0.29, 0.717) is 22.6 Å². The number of nitrogens with one attached hydrogen (secondary N) is 2. The number of benzene rings is 2. The van der Waals surface area contributed by atoms with E-state index in [4.69, 9.17) is 4.74 Å². The fraction of sp³-hybridized carbons (Fsp3) is 0.444. The van der Waals surface area contributed by atoms with Crippen LogP contribution < -0.4 is 15.4 Å². The van der Waals surface area contributed by atoms with E-state index in [1.165, 1.54) is 0 Å². The summed E-state index contributed by atoms with van der Waals surface area (Å²) in [4.78, 5) is 40.0. The molecule has 2 atom stereocenters. The van der Waals surface area contributed by atoms with E-state index >= 15 is 0 Å². The molecular formula is C27H35N3O4. The molecule has 1 fully saturated rings. The van der Waals surface area contributed by atoms with Gasteiger partial charge in [-0.3, -0.25) is 14.4 Å². The molecule has 7 nitrogen and oxygen atoms in total. The smallest absolute Gasteiger partial charge is 0.260 e. The molecule has 2 aromatic rings. The standard InChI is InChI=1S/C27H35N3O4/c1-18-9-8-10-19(2)30(18)24(31)17-34-21-15-13-20(14-16-21)25(32)28-23-12-7-6-11-22(23)26(33)29-27(3,4)5/h6-7,11-16,18-19H,8-10,17H2,1-5H3,(H,28,32)(H,29,33). The molecule has 0 saturated carbocycles. The largest absolute Gasteiger partial charge is 0.484 e. The number of likely N-dealkylation sites (tertiary alicyclic amines) is 1. The van der Waals surface area contributed by atoms with Gasteiger partial charge in [-0.05, 0) is 90.3 Å². The highest BCUT2D eigenvalue weighted by Crippen LogP contribution is 2.23. The van der Waals surface area contributed by atoms with Crippen molar-refractivity contribution >= 4 is 23.4 Å². The second kappa shape index (κ2) is 10.7. The quantitative estimate of drug-likeness (QED) is 0.651. The van der Waals surface area contributed by atoms with Crippen LogP contribution in [0.3, 0.4) is 0 Å². The van der Waals surface area contributed by atoms with Crippen LogP contribution in [-0.2, 0) is 4.79 Å². The van der Waals surface area contributed by atoms with Gasteiger partial charge in [0.05, 0.1) is 11.3 Å². The lowest BCUT2D eigenvalue weighted by molar-refractivity contribution is -0.139. The zero-order valence-corrected chi connectivity index (χ0v) is 20.7. The van der Waals surface area contributed by atoms with E-state index in [1.54, 1.807) is 48.5 Å². The third kappa shape index (κ3) is 6.59. The molecule has 0 spiro atoms. The van der Waals surface area contributed by atoms with Crippen molar-refractivity contribution in [3.8, 4) is 5.75 Å². The fourth-order valence-electron chi connectivity index (χ4n) is 4.23. The van der Waals surface area contributed by atoms with Crippen molar-refractivity contribution in [2.45, 2.75) is 71.5 Å². The Kier molecular flexibility index (Phi) is 7.97. The summed E-state index contributed by atoms with van der Waals surface area (Å²) in [6, 6.07) is 14.0. The first-order valence-corrected chi connectivity index (χ1v) is 11.8. The second-order valence-electron chi connectivity index (χ2n) is 9.95. The Morgan fingerprint density at radius 3 is 2.18 bits per heavy atom. The monoisotopic (exact) mass is 465 g/mol. The molecule has 1 heterocycles. The van der Waals surface area contributed by atoms with Crippen LogP contribution >= 0.6 is 0 Å². The van der Waals surface area contributed by atoms with E-state index in [0.717, 1.165) is 19.3 Å². The molecule has 7 heteroatoms. The van der Waals surface area contributed by atoms with Crippen molar-refractivity contribution in [1.82, 2.24) is 10.2 Å². The number of anilines is 1. The Morgan fingerprint density at radius 1 is 0.941 bits per heavy atom. The van der Waals surface area contributed by atoms with Gasteiger partial charge in [0.25, 0.3) is 17.7 Å². The summed E-state index contributed by atoms with van der Waals surface area (Å²) in [6.45, 7) is 9.82. The van der Waals surface area contributed by atoms with Gasteiger partial charge in [-0.2, -0.15) is 0 Å². The summed E-state index contributed by atoms with van der Waals surface area (Å²) in [7, 11) is 0. The average molecular weight is 466 g/mol. The summed E-state index contributed by atoms with van der Waals surface area (Å²) < 4.78 is 5.69. The summed E-state index contributed by atoms with van der Waals surface area (Å²) in [6.07, 6.45) is 3.17. The van der Waals surface area contributed by atoms with Crippen LogP contribution in [0.25, 0.3) is 0 Å². The van der Waals surface area contributed by atoms with Crippen LogP contribution in [0.4, 0.5) is 5.69 Å². The van der Waals surface area contributed by atoms with Crippen LogP contribution in [0.5, 0.6) is 5.75 Å². The van der Waals surface area contributed by atoms with Crippen molar-refractivity contribution < 1.29 is 19.1 Å². The SMILES string of the molecule is CC1CCCC(C)N1C(=O)COc1ccc(C(=O)Nc2ccccc2C(=O)NC(C)(C)C)cc1. The lowest BCUT2D eigenvalue weighted by atomic mass is 9.97. The first kappa shape index (κ1) is 25.3. The highest BCUT2D eigenvalue weighted by Gasteiger charge is 2.29. The molecule has 182 valence electrons. The van der Waals surface area contributed by atoms with E-state index in [9.17, 15) is 14.4 Å².